The molecule has 1 aromatic heterocycles. The molecule has 0 radical (unpaired) electrons. The summed E-state index contributed by atoms with van der Waals surface area (Å²) in [6.45, 7) is 6.51. The van der Waals surface area contributed by atoms with E-state index in [-0.39, 0.29) is 0 Å². The first-order valence-corrected chi connectivity index (χ1v) is 5.33. The zero-order chi connectivity index (χ0) is 9.97. The van der Waals surface area contributed by atoms with Gasteiger partial charge in [0.1, 0.15) is 0 Å². The van der Waals surface area contributed by atoms with Crippen molar-refractivity contribution in [1.82, 2.24) is 9.97 Å². The van der Waals surface area contributed by atoms with Crippen LogP contribution >= 0.6 is 0 Å². The number of nitrogens with zero attached hydrogens (tertiary/aromatic N) is 3. The van der Waals surface area contributed by atoms with Crippen molar-refractivity contribution in [3.8, 4) is 0 Å². The summed E-state index contributed by atoms with van der Waals surface area (Å²) in [6.07, 6.45) is 6.33. The minimum Gasteiger partial charge on any atom is -0.341 e. The smallest absolute Gasteiger partial charge is 0.225 e. The van der Waals surface area contributed by atoms with Crippen LogP contribution in [0.5, 0.6) is 0 Å². The summed E-state index contributed by atoms with van der Waals surface area (Å²) in [5.41, 5.74) is 1.12. The minimum atomic E-state index is 0.833. The summed E-state index contributed by atoms with van der Waals surface area (Å²) < 4.78 is 0. The molecule has 1 aliphatic rings. The highest BCUT2D eigenvalue weighted by Gasteiger charge is 2.22. The lowest BCUT2D eigenvalue weighted by atomic mass is 10.1. The molecule has 3 nitrogen and oxygen atoms in total. The second kappa shape index (κ2) is 3.95. The Morgan fingerprint density at radius 1 is 1.43 bits per heavy atom. The van der Waals surface area contributed by atoms with E-state index < -0.39 is 0 Å². The maximum absolute atomic E-state index is 4.34. The maximum Gasteiger partial charge on any atom is 0.225 e. The largest absolute Gasteiger partial charge is 0.341 e. The summed E-state index contributed by atoms with van der Waals surface area (Å²) in [6, 6.07) is 0. The fraction of sp³-hybridized carbons (Fsp3) is 0.636. The van der Waals surface area contributed by atoms with Gasteiger partial charge in [0.05, 0.1) is 0 Å². The molecule has 0 unspecified atom stereocenters. The topological polar surface area (TPSA) is 29.0 Å². The molecule has 1 fully saturated rings. The number of anilines is 1. The van der Waals surface area contributed by atoms with Crippen LogP contribution in [0.3, 0.4) is 0 Å². The number of aromatic nitrogens is 2. The van der Waals surface area contributed by atoms with Crippen LogP contribution in [0.15, 0.2) is 12.4 Å². The van der Waals surface area contributed by atoms with E-state index in [9.17, 15) is 0 Å². The number of hydrogen-bond acceptors (Lipinski definition) is 3. The zero-order valence-corrected chi connectivity index (χ0v) is 8.90. The van der Waals surface area contributed by atoms with Crippen molar-refractivity contribution in [2.45, 2.75) is 26.7 Å². The summed E-state index contributed by atoms with van der Waals surface area (Å²) in [7, 11) is 0. The molecule has 0 amide bonds. The fourth-order valence-electron chi connectivity index (χ4n) is 1.90. The molecule has 14 heavy (non-hydrogen) atoms. The quantitative estimate of drug-likeness (QED) is 0.716. The van der Waals surface area contributed by atoms with Gasteiger partial charge in [-0.05, 0) is 24.8 Å². The van der Waals surface area contributed by atoms with Gasteiger partial charge in [-0.2, -0.15) is 0 Å². The van der Waals surface area contributed by atoms with Crippen LogP contribution in [0.25, 0.3) is 0 Å². The highest BCUT2D eigenvalue weighted by molar-refractivity contribution is 5.31. The van der Waals surface area contributed by atoms with Gasteiger partial charge in [0.2, 0.25) is 5.95 Å². The van der Waals surface area contributed by atoms with Crippen LogP contribution in [0.2, 0.25) is 0 Å². The molecule has 2 rings (SSSR count). The maximum atomic E-state index is 4.34. The van der Waals surface area contributed by atoms with Gasteiger partial charge in [0.15, 0.2) is 0 Å². The van der Waals surface area contributed by atoms with Crippen LogP contribution in [0.1, 0.15) is 25.3 Å². The Bertz CT molecular complexity index is 294. The second-order valence-electron chi connectivity index (χ2n) is 4.07. The van der Waals surface area contributed by atoms with Crippen LogP contribution in [-0.4, -0.2) is 23.1 Å². The first-order valence-electron chi connectivity index (χ1n) is 5.33. The lowest BCUT2D eigenvalue weighted by molar-refractivity contribution is 0.568. The van der Waals surface area contributed by atoms with Crippen molar-refractivity contribution in [1.29, 1.82) is 0 Å². The van der Waals surface area contributed by atoms with E-state index in [4.69, 9.17) is 0 Å². The van der Waals surface area contributed by atoms with Gasteiger partial charge in [0, 0.05) is 25.5 Å². The molecule has 0 bridgehead atoms. The standard InChI is InChI=1S/C11H17N3/c1-3-10-4-5-14(8-10)11-12-6-9(2)7-13-11/h6-7,10H,3-5,8H2,1-2H3/t10-/m0/s1. The minimum absolute atomic E-state index is 0.833. The molecule has 0 saturated carbocycles. The predicted molar refractivity (Wildman–Crippen MR) is 57.4 cm³/mol. The van der Waals surface area contributed by atoms with E-state index >= 15 is 0 Å². The van der Waals surface area contributed by atoms with E-state index in [1.165, 1.54) is 12.8 Å². The molecule has 1 aliphatic heterocycles. The Hall–Kier alpha value is -1.12. The van der Waals surface area contributed by atoms with E-state index in [2.05, 4.69) is 21.8 Å². The van der Waals surface area contributed by atoms with Crippen LogP contribution < -0.4 is 4.90 Å². The monoisotopic (exact) mass is 191 g/mol. The predicted octanol–water partition coefficient (Wildman–Crippen LogP) is 2.02. The summed E-state index contributed by atoms with van der Waals surface area (Å²) in [5, 5.41) is 0. The highest BCUT2D eigenvalue weighted by atomic mass is 15.3. The van der Waals surface area contributed by atoms with E-state index in [0.717, 1.165) is 30.5 Å². The molecule has 1 atom stereocenters. The second-order valence-corrected chi connectivity index (χ2v) is 4.07. The van der Waals surface area contributed by atoms with Gasteiger partial charge in [-0.1, -0.05) is 13.3 Å². The summed E-state index contributed by atoms with van der Waals surface area (Å²) in [4.78, 5) is 11.0. The van der Waals surface area contributed by atoms with Crippen molar-refractivity contribution in [3.63, 3.8) is 0 Å². The zero-order valence-electron chi connectivity index (χ0n) is 8.90. The van der Waals surface area contributed by atoms with Crippen LogP contribution in [0.4, 0.5) is 5.95 Å². The Labute approximate surface area is 85.2 Å². The third kappa shape index (κ3) is 1.86. The molecule has 0 N–H and O–H groups in total. The molecular formula is C11H17N3. The van der Waals surface area contributed by atoms with Gasteiger partial charge in [0.25, 0.3) is 0 Å². The third-order valence-electron chi connectivity index (χ3n) is 2.91. The van der Waals surface area contributed by atoms with E-state index in [1.807, 2.05) is 19.3 Å². The van der Waals surface area contributed by atoms with Crippen molar-refractivity contribution >= 4 is 5.95 Å². The molecule has 1 saturated heterocycles. The van der Waals surface area contributed by atoms with Crippen molar-refractivity contribution < 1.29 is 0 Å². The normalized spacial score (nSPS) is 21.6. The number of aryl methyl sites for hydroxylation is 1. The van der Waals surface area contributed by atoms with Crippen molar-refractivity contribution in [3.05, 3.63) is 18.0 Å². The molecule has 2 heterocycles. The van der Waals surface area contributed by atoms with Crippen molar-refractivity contribution in [2.75, 3.05) is 18.0 Å². The first kappa shape index (κ1) is 9.44. The van der Waals surface area contributed by atoms with Gasteiger partial charge in [-0.25, -0.2) is 9.97 Å². The van der Waals surface area contributed by atoms with Crippen molar-refractivity contribution in [2.24, 2.45) is 5.92 Å². The molecule has 0 aromatic carbocycles. The Kier molecular flexibility index (Phi) is 2.66. The average Bonchev–Trinajstić information content (AvgIpc) is 2.67. The molecule has 3 heteroatoms. The molecule has 1 aromatic rings. The van der Waals surface area contributed by atoms with Crippen LogP contribution in [-0.2, 0) is 0 Å². The van der Waals surface area contributed by atoms with Gasteiger partial charge >= 0.3 is 0 Å². The molecule has 0 spiro atoms. The van der Waals surface area contributed by atoms with Gasteiger partial charge in [-0.15, -0.1) is 0 Å². The lowest BCUT2D eigenvalue weighted by Gasteiger charge is -2.15. The van der Waals surface area contributed by atoms with Gasteiger partial charge in [-0.3, -0.25) is 0 Å². The van der Waals surface area contributed by atoms with E-state index in [1.54, 1.807) is 0 Å². The van der Waals surface area contributed by atoms with Gasteiger partial charge < -0.3 is 4.90 Å². The first-order chi connectivity index (χ1) is 6.79. The highest BCUT2D eigenvalue weighted by Crippen LogP contribution is 2.22. The fourth-order valence-corrected chi connectivity index (χ4v) is 1.90. The summed E-state index contributed by atoms with van der Waals surface area (Å²) in [5.74, 6) is 1.73. The molecular weight excluding hydrogens is 174 g/mol. The average molecular weight is 191 g/mol. The number of rotatable bonds is 2. The third-order valence-corrected chi connectivity index (χ3v) is 2.91. The van der Waals surface area contributed by atoms with Crippen LogP contribution in [0, 0.1) is 12.8 Å². The SMILES string of the molecule is CC[C@H]1CCN(c2ncc(C)cn2)C1. The summed E-state index contributed by atoms with van der Waals surface area (Å²) >= 11 is 0. The Balaban J connectivity index is 2.06. The van der Waals surface area contributed by atoms with E-state index in [0.29, 0.717) is 0 Å². The molecule has 0 aliphatic carbocycles. The Morgan fingerprint density at radius 2 is 2.14 bits per heavy atom. The Morgan fingerprint density at radius 3 is 2.71 bits per heavy atom. The molecule has 76 valence electrons. The number of hydrogen-bond donors (Lipinski definition) is 0. The lowest BCUT2D eigenvalue weighted by Crippen LogP contribution is -2.21.